The van der Waals surface area contributed by atoms with Gasteiger partial charge in [-0.1, -0.05) is 17.3 Å². The van der Waals surface area contributed by atoms with Gasteiger partial charge < -0.3 is 15.0 Å². The molecular weight excluding hydrogens is 370 g/mol. The van der Waals surface area contributed by atoms with Gasteiger partial charge in [0, 0.05) is 31.4 Å². The van der Waals surface area contributed by atoms with Crippen LogP contribution in [0.1, 0.15) is 33.6 Å². The zero-order chi connectivity index (χ0) is 20.4. The molecule has 152 valence electrons. The Balaban J connectivity index is 1.47. The van der Waals surface area contributed by atoms with Crippen molar-refractivity contribution in [2.24, 2.45) is 0 Å². The van der Waals surface area contributed by atoms with Crippen LogP contribution in [0.3, 0.4) is 0 Å². The summed E-state index contributed by atoms with van der Waals surface area (Å²) >= 11 is 0. The molecule has 1 unspecified atom stereocenters. The minimum Gasteiger partial charge on any atom is -0.444 e. The minimum atomic E-state index is -0.504. The van der Waals surface area contributed by atoms with Crippen LogP contribution in [0.2, 0.25) is 0 Å². The van der Waals surface area contributed by atoms with E-state index in [0.717, 1.165) is 23.9 Å². The summed E-state index contributed by atoms with van der Waals surface area (Å²) in [6.45, 7) is 6.86. The van der Waals surface area contributed by atoms with Crippen molar-refractivity contribution in [1.29, 1.82) is 0 Å². The van der Waals surface area contributed by atoms with E-state index in [1.165, 1.54) is 0 Å². The molecule has 1 aliphatic rings. The Morgan fingerprint density at radius 3 is 2.90 bits per heavy atom. The topological polar surface area (TPSA) is 98.1 Å². The van der Waals surface area contributed by atoms with E-state index in [-0.39, 0.29) is 12.1 Å². The molecule has 0 bridgehead atoms. The number of amides is 1. The summed E-state index contributed by atoms with van der Waals surface area (Å²) in [5.41, 5.74) is 1.18. The Bertz CT molecular complexity index is 1010. The van der Waals surface area contributed by atoms with Gasteiger partial charge in [-0.15, -0.1) is 5.10 Å². The number of hydrogen-bond acceptors (Lipinski definition) is 7. The highest BCUT2D eigenvalue weighted by atomic mass is 16.6. The number of hydrogen-bond donors (Lipinski definition) is 1. The molecule has 3 aromatic rings. The molecular formula is C20H25N7O2. The minimum absolute atomic E-state index is 0.0546. The van der Waals surface area contributed by atoms with Gasteiger partial charge in [0.05, 0.1) is 5.52 Å². The molecule has 1 N–H and O–H groups in total. The molecule has 29 heavy (non-hydrogen) atoms. The number of nitrogens with one attached hydrogen (secondary N) is 1. The fraction of sp³-hybridized carbons (Fsp3) is 0.450. The lowest BCUT2D eigenvalue weighted by molar-refractivity contribution is 0.0206. The molecule has 3 heterocycles. The third-order valence-electron chi connectivity index (χ3n) is 4.62. The zero-order valence-electron chi connectivity index (χ0n) is 16.9. The van der Waals surface area contributed by atoms with Crippen molar-refractivity contribution in [3.05, 3.63) is 36.5 Å². The first-order valence-corrected chi connectivity index (χ1v) is 9.77. The summed E-state index contributed by atoms with van der Waals surface area (Å²) in [6, 6.07) is 9.57. The number of carbonyl (C=O) groups is 1. The first-order chi connectivity index (χ1) is 13.9. The average molecular weight is 395 g/mol. The van der Waals surface area contributed by atoms with Gasteiger partial charge in [-0.2, -0.15) is 9.67 Å². The molecule has 0 radical (unpaired) electrons. The second-order valence-electron chi connectivity index (χ2n) is 8.14. The molecule has 1 amide bonds. The number of likely N-dealkylation sites (tertiary alicyclic amines) is 1. The van der Waals surface area contributed by atoms with Crippen molar-refractivity contribution in [2.45, 2.75) is 45.3 Å². The number of carbonyl (C=O) groups excluding carboxylic acids is 1. The number of piperidine rings is 1. The van der Waals surface area contributed by atoms with E-state index in [4.69, 9.17) is 4.74 Å². The predicted molar refractivity (Wildman–Crippen MR) is 109 cm³/mol. The molecule has 1 saturated heterocycles. The molecule has 9 heteroatoms. The van der Waals surface area contributed by atoms with Crippen LogP contribution in [0.15, 0.2) is 36.5 Å². The highest BCUT2D eigenvalue weighted by Gasteiger charge is 2.28. The van der Waals surface area contributed by atoms with E-state index >= 15 is 0 Å². The molecule has 1 aliphatic heterocycles. The Morgan fingerprint density at radius 1 is 1.24 bits per heavy atom. The molecule has 9 nitrogen and oxygen atoms in total. The summed E-state index contributed by atoms with van der Waals surface area (Å²) in [4.78, 5) is 23.0. The van der Waals surface area contributed by atoms with Crippen molar-refractivity contribution in [2.75, 3.05) is 18.4 Å². The van der Waals surface area contributed by atoms with E-state index in [1.807, 2.05) is 45.0 Å². The van der Waals surface area contributed by atoms with Gasteiger partial charge in [-0.05, 0) is 45.7 Å². The lowest BCUT2D eigenvalue weighted by Gasteiger charge is -2.34. The van der Waals surface area contributed by atoms with Crippen molar-refractivity contribution in [3.63, 3.8) is 0 Å². The Hall–Kier alpha value is -3.23. The maximum atomic E-state index is 12.4. The fourth-order valence-electron chi connectivity index (χ4n) is 3.34. The number of rotatable bonds is 3. The van der Waals surface area contributed by atoms with Crippen LogP contribution in [0.25, 0.3) is 16.9 Å². The van der Waals surface area contributed by atoms with Gasteiger partial charge in [0.25, 0.3) is 0 Å². The number of nitrogens with zero attached hydrogens (tertiary/aromatic N) is 6. The molecule has 1 atom stereocenters. The molecule has 1 fully saturated rings. The molecule has 2 aromatic heterocycles. The third kappa shape index (κ3) is 4.44. The summed E-state index contributed by atoms with van der Waals surface area (Å²) in [5.74, 6) is 1.13. The lowest BCUT2D eigenvalue weighted by Crippen LogP contribution is -2.47. The first kappa shape index (κ1) is 19.1. The van der Waals surface area contributed by atoms with E-state index in [0.29, 0.717) is 24.9 Å². The number of aromatic nitrogens is 5. The van der Waals surface area contributed by atoms with E-state index in [9.17, 15) is 4.79 Å². The number of para-hydroxylation sites is 1. The van der Waals surface area contributed by atoms with Crippen LogP contribution >= 0.6 is 0 Å². The average Bonchev–Trinajstić information content (AvgIpc) is 3.11. The smallest absolute Gasteiger partial charge is 0.410 e. The largest absolute Gasteiger partial charge is 0.444 e. The van der Waals surface area contributed by atoms with Crippen LogP contribution < -0.4 is 5.32 Å². The normalized spacial score (nSPS) is 17.3. The monoisotopic (exact) mass is 395 g/mol. The van der Waals surface area contributed by atoms with Crippen molar-refractivity contribution >= 4 is 23.1 Å². The Kier molecular flexibility index (Phi) is 5.04. The van der Waals surface area contributed by atoms with E-state index in [1.54, 1.807) is 21.8 Å². The standard InChI is InChI=1S/C20H25N7O2/c1-20(2,3)29-19(28)26-12-6-7-14(13-26)22-18-21-11-10-17(23-18)27-16-9-5-4-8-15(16)24-25-27/h4-5,8-11,14H,6-7,12-13H2,1-3H3,(H,21,22,23). The number of anilines is 1. The molecule has 0 spiro atoms. The quantitative estimate of drug-likeness (QED) is 0.728. The number of ether oxygens (including phenoxy) is 1. The Morgan fingerprint density at radius 2 is 2.07 bits per heavy atom. The van der Waals surface area contributed by atoms with Crippen molar-refractivity contribution in [1.82, 2.24) is 29.9 Å². The van der Waals surface area contributed by atoms with Gasteiger partial charge in [-0.25, -0.2) is 9.78 Å². The highest BCUT2D eigenvalue weighted by Crippen LogP contribution is 2.19. The SMILES string of the molecule is CC(C)(C)OC(=O)N1CCCC(Nc2nccc(-n3nnc4ccccc43)n2)C1. The zero-order valence-corrected chi connectivity index (χ0v) is 16.9. The van der Waals surface area contributed by atoms with Gasteiger partial charge >= 0.3 is 6.09 Å². The van der Waals surface area contributed by atoms with Crippen LogP contribution in [0.5, 0.6) is 0 Å². The molecule has 4 rings (SSSR count). The van der Waals surface area contributed by atoms with E-state index < -0.39 is 5.60 Å². The van der Waals surface area contributed by atoms with Gasteiger partial charge in [0.15, 0.2) is 5.82 Å². The fourth-order valence-corrected chi connectivity index (χ4v) is 3.34. The molecule has 0 saturated carbocycles. The van der Waals surface area contributed by atoms with Crippen molar-refractivity contribution in [3.8, 4) is 5.82 Å². The Labute approximate surface area is 169 Å². The second-order valence-corrected chi connectivity index (χ2v) is 8.14. The number of fused-ring (bicyclic) bond motifs is 1. The maximum absolute atomic E-state index is 12.4. The summed E-state index contributed by atoms with van der Waals surface area (Å²) < 4.78 is 7.18. The van der Waals surface area contributed by atoms with Crippen LogP contribution in [0, 0.1) is 0 Å². The lowest BCUT2D eigenvalue weighted by atomic mass is 10.1. The summed E-state index contributed by atoms with van der Waals surface area (Å²) in [6.07, 6.45) is 3.23. The summed E-state index contributed by atoms with van der Waals surface area (Å²) in [5, 5.41) is 11.7. The highest BCUT2D eigenvalue weighted by molar-refractivity contribution is 5.75. The molecule has 0 aliphatic carbocycles. The van der Waals surface area contributed by atoms with Crippen molar-refractivity contribution < 1.29 is 9.53 Å². The van der Waals surface area contributed by atoms with Crippen LogP contribution in [-0.2, 0) is 4.74 Å². The number of benzene rings is 1. The first-order valence-electron chi connectivity index (χ1n) is 9.77. The van der Waals surface area contributed by atoms with Crippen LogP contribution in [0.4, 0.5) is 10.7 Å². The second kappa shape index (κ2) is 7.65. The maximum Gasteiger partial charge on any atom is 0.410 e. The third-order valence-corrected chi connectivity index (χ3v) is 4.62. The van der Waals surface area contributed by atoms with Gasteiger partial charge in [-0.3, -0.25) is 0 Å². The van der Waals surface area contributed by atoms with Gasteiger partial charge in [0.2, 0.25) is 5.95 Å². The van der Waals surface area contributed by atoms with Crippen LogP contribution in [-0.4, -0.2) is 60.7 Å². The van der Waals surface area contributed by atoms with Gasteiger partial charge in [0.1, 0.15) is 11.1 Å². The summed E-state index contributed by atoms with van der Waals surface area (Å²) in [7, 11) is 0. The predicted octanol–water partition coefficient (Wildman–Crippen LogP) is 3.02. The van der Waals surface area contributed by atoms with E-state index in [2.05, 4.69) is 25.6 Å². The molecule has 1 aromatic carbocycles.